The zero-order chi connectivity index (χ0) is 27.8. The Kier molecular flexibility index (Phi) is 7.77. The van der Waals surface area contributed by atoms with Crippen LogP contribution in [0.3, 0.4) is 0 Å². The van der Waals surface area contributed by atoms with Crippen molar-refractivity contribution in [3.8, 4) is 5.75 Å². The quantitative estimate of drug-likeness (QED) is 0.407. The van der Waals surface area contributed by atoms with Gasteiger partial charge in [-0.3, -0.25) is 14.1 Å². The lowest BCUT2D eigenvalue weighted by molar-refractivity contribution is -0.533. The highest BCUT2D eigenvalue weighted by Crippen LogP contribution is 2.28. The number of likely N-dealkylation sites (tertiary alicyclic amines) is 1. The van der Waals surface area contributed by atoms with Crippen LogP contribution in [-0.4, -0.2) is 80.1 Å². The van der Waals surface area contributed by atoms with Crippen molar-refractivity contribution >= 4 is 29.6 Å². The van der Waals surface area contributed by atoms with Crippen LogP contribution >= 0.6 is 11.9 Å². The molecule has 9 heteroatoms. The number of aromatic hydroxyl groups is 1. The molecule has 4 N–H and O–H groups in total. The zero-order valence-corrected chi connectivity index (χ0v) is 23.9. The van der Waals surface area contributed by atoms with Crippen LogP contribution in [0.2, 0.25) is 0 Å². The highest BCUT2D eigenvalue weighted by molar-refractivity contribution is 7.97. The van der Waals surface area contributed by atoms with Crippen LogP contribution in [0.25, 0.3) is 0 Å². The summed E-state index contributed by atoms with van der Waals surface area (Å²) in [5, 5.41) is 22.7. The molecule has 5 rings (SSSR count). The molecule has 0 unspecified atom stereocenters. The van der Waals surface area contributed by atoms with Gasteiger partial charge in [0, 0.05) is 50.3 Å². The van der Waals surface area contributed by atoms with E-state index >= 15 is 0 Å². The second-order valence-electron chi connectivity index (χ2n) is 11.5. The molecule has 0 radical (unpaired) electrons. The molecule has 208 valence electrons. The molecule has 0 aromatic heterocycles. The summed E-state index contributed by atoms with van der Waals surface area (Å²) in [6.45, 7) is 8.84. The molecular formula is C30H39N4O4S+. The van der Waals surface area contributed by atoms with Crippen LogP contribution in [0.5, 0.6) is 5.75 Å². The molecular weight excluding hydrogens is 512 g/mol. The first kappa shape index (κ1) is 27.7. The van der Waals surface area contributed by atoms with Gasteiger partial charge in [-0.15, -0.1) is 0 Å². The Balaban J connectivity index is 1.13. The summed E-state index contributed by atoms with van der Waals surface area (Å²) in [5.41, 5.74) is 3.92. The number of benzene rings is 2. The fourth-order valence-corrected chi connectivity index (χ4v) is 6.84. The largest absolute Gasteiger partial charge is 0.508 e. The van der Waals surface area contributed by atoms with Crippen LogP contribution in [0, 0.1) is 13.8 Å². The zero-order valence-electron chi connectivity index (χ0n) is 23.0. The van der Waals surface area contributed by atoms with Gasteiger partial charge in [0.2, 0.25) is 5.54 Å². The summed E-state index contributed by atoms with van der Waals surface area (Å²) in [6, 6.07) is 10.9. The molecule has 3 aliphatic heterocycles. The molecule has 0 aliphatic carbocycles. The van der Waals surface area contributed by atoms with E-state index in [4.69, 9.17) is 0 Å². The van der Waals surface area contributed by atoms with Gasteiger partial charge in [-0.25, -0.2) is 10.1 Å². The third kappa shape index (κ3) is 6.00. The Morgan fingerprint density at radius 2 is 1.64 bits per heavy atom. The summed E-state index contributed by atoms with van der Waals surface area (Å²) in [4.78, 5) is 31.3. The van der Waals surface area contributed by atoms with Gasteiger partial charge in [0.05, 0.1) is 11.2 Å². The van der Waals surface area contributed by atoms with Crippen molar-refractivity contribution in [1.29, 1.82) is 0 Å². The topological polar surface area (TPSA) is 107 Å². The van der Waals surface area contributed by atoms with Gasteiger partial charge in [0.25, 0.3) is 11.7 Å². The second-order valence-corrected chi connectivity index (χ2v) is 12.7. The van der Waals surface area contributed by atoms with E-state index in [1.165, 1.54) is 5.56 Å². The minimum atomic E-state index is -0.672. The number of aliphatic hydroxyl groups is 1. The fourth-order valence-electron chi connectivity index (χ4n) is 5.84. The van der Waals surface area contributed by atoms with Crippen molar-refractivity contribution in [3.63, 3.8) is 0 Å². The first-order valence-electron chi connectivity index (χ1n) is 13.8. The average molecular weight is 552 g/mol. The van der Waals surface area contributed by atoms with Crippen LogP contribution in [0.1, 0.15) is 65.2 Å². The van der Waals surface area contributed by atoms with Crippen molar-refractivity contribution in [2.24, 2.45) is 0 Å². The number of phenols is 1. The summed E-state index contributed by atoms with van der Waals surface area (Å²) >= 11 is 1.83. The summed E-state index contributed by atoms with van der Waals surface area (Å²) < 4.78 is 2.35. The molecule has 2 fully saturated rings. The number of amides is 2. The van der Waals surface area contributed by atoms with E-state index in [9.17, 15) is 19.8 Å². The maximum absolute atomic E-state index is 13.1. The van der Waals surface area contributed by atoms with Gasteiger partial charge in [0.15, 0.2) is 0 Å². The van der Waals surface area contributed by atoms with E-state index in [0.717, 1.165) is 60.4 Å². The number of piperidine rings is 2. The third-order valence-electron chi connectivity index (χ3n) is 8.47. The SMILES string of the molecule is Cc1cc(C(=O)N2CCC(C)(O)CC2)cc(C)c1CCSN1CCC2(CC1)[NH+]=C(c1ccc(O)cc1)NC2=O. The minimum Gasteiger partial charge on any atom is -0.508 e. The lowest BCUT2D eigenvalue weighted by Crippen LogP contribution is -2.87. The summed E-state index contributed by atoms with van der Waals surface area (Å²) in [7, 11) is 0. The van der Waals surface area contributed by atoms with Gasteiger partial charge in [-0.2, -0.15) is 0 Å². The van der Waals surface area contributed by atoms with E-state index in [1.54, 1.807) is 24.3 Å². The Hall–Kier alpha value is -2.88. The summed E-state index contributed by atoms with van der Waals surface area (Å²) in [6.07, 6.45) is 3.61. The number of nitrogens with one attached hydrogen (secondary N) is 2. The predicted octanol–water partition coefficient (Wildman–Crippen LogP) is 1.68. The molecule has 2 aromatic rings. The van der Waals surface area contributed by atoms with Gasteiger partial charge in [-0.05, 0) is 93.1 Å². The Morgan fingerprint density at radius 3 is 2.26 bits per heavy atom. The second kappa shape index (κ2) is 10.9. The smallest absolute Gasteiger partial charge is 0.355 e. The number of phenolic OH excluding ortho intramolecular Hbond substituents is 1. The lowest BCUT2D eigenvalue weighted by atomic mass is 9.89. The molecule has 3 aliphatic rings. The van der Waals surface area contributed by atoms with Crippen molar-refractivity contribution in [2.45, 2.75) is 64.0 Å². The normalized spacial score (nSPS) is 20.7. The van der Waals surface area contributed by atoms with Crippen molar-refractivity contribution in [3.05, 3.63) is 64.2 Å². The van der Waals surface area contributed by atoms with Crippen molar-refractivity contribution < 1.29 is 24.8 Å². The molecule has 2 saturated heterocycles. The first-order valence-corrected chi connectivity index (χ1v) is 14.8. The molecule has 3 heterocycles. The number of hydrogen-bond donors (Lipinski definition) is 4. The van der Waals surface area contributed by atoms with E-state index in [2.05, 4.69) is 28.5 Å². The van der Waals surface area contributed by atoms with Gasteiger partial charge in [-0.1, -0.05) is 11.9 Å². The highest BCUT2D eigenvalue weighted by Gasteiger charge is 2.51. The molecule has 0 bridgehead atoms. The van der Waals surface area contributed by atoms with Crippen molar-refractivity contribution in [2.75, 3.05) is 31.9 Å². The lowest BCUT2D eigenvalue weighted by Gasteiger charge is -2.36. The average Bonchev–Trinajstić information content (AvgIpc) is 3.22. The number of carbonyl (C=O) groups is 2. The Labute approximate surface area is 234 Å². The highest BCUT2D eigenvalue weighted by atomic mass is 32.2. The van der Waals surface area contributed by atoms with Crippen LogP contribution in [0.15, 0.2) is 36.4 Å². The summed E-state index contributed by atoms with van der Waals surface area (Å²) in [5.74, 6) is 1.92. The number of nitrogens with zero attached hydrogens (tertiary/aromatic N) is 2. The van der Waals surface area contributed by atoms with E-state index in [-0.39, 0.29) is 17.6 Å². The van der Waals surface area contributed by atoms with Gasteiger partial charge >= 0.3 is 5.91 Å². The molecule has 39 heavy (non-hydrogen) atoms. The predicted molar refractivity (Wildman–Crippen MR) is 153 cm³/mol. The fraction of sp³-hybridized carbons (Fsp3) is 0.500. The van der Waals surface area contributed by atoms with E-state index in [1.807, 2.05) is 35.9 Å². The number of amidine groups is 1. The van der Waals surface area contributed by atoms with E-state index in [0.29, 0.717) is 31.8 Å². The number of rotatable bonds is 6. The van der Waals surface area contributed by atoms with E-state index < -0.39 is 11.1 Å². The van der Waals surface area contributed by atoms with Crippen LogP contribution in [0.4, 0.5) is 0 Å². The maximum atomic E-state index is 13.1. The molecule has 2 aromatic carbocycles. The molecule has 2 amide bonds. The number of aryl methyl sites for hydroxylation is 2. The van der Waals surface area contributed by atoms with Gasteiger partial charge in [0.1, 0.15) is 5.75 Å². The number of hydrogen-bond acceptors (Lipinski definition) is 6. The minimum absolute atomic E-state index is 0.0195. The molecule has 0 saturated carbocycles. The van der Waals surface area contributed by atoms with Crippen LogP contribution < -0.4 is 10.3 Å². The maximum Gasteiger partial charge on any atom is 0.355 e. The first-order chi connectivity index (χ1) is 18.6. The van der Waals surface area contributed by atoms with Crippen LogP contribution in [-0.2, 0) is 11.2 Å². The van der Waals surface area contributed by atoms with Gasteiger partial charge < -0.3 is 15.1 Å². The van der Waals surface area contributed by atoms with Crippen molar-refractivity contribution in [1.82, 2.24) is 14.5 Å². The standard InChI is InChI=1S/C30H38N4O4S/c1-20-18-23(27(36)33-13-9-29(3,38)10-14-33)19-21(2)25(20)8-17-39-34-15-11-30(12-16-34)28(37)31-26(32-30)22-4-6-24(35)7-5-22/h4-7,18-19,35,38H,8-17H2,1-3H3,(H,31,32,37)/p+1. The Bertz CT molecular complexity index is 1250. The molecule has 1 spiro atoms. The molecule has 0 atom stereocenters. The Morgan fingerprint density at radius 1 is 1.03 bits per heavy atom. The monoisotopic (exact) mass is 551 g/mol. The molecule has 8 nitrogen and oxygen atoms in total. The number of carbonyl (C=O) groups excluding carboxylic acids is 2. The third-order valence-corrected chi connectivity index (χ3v) is 9.58.